The second-order valence-corrected chi connectivity index (χ2v) is 8.11. The molecule has 0 bridgehead atoms. The van der Waals surface area contributed by atoms with Crippen LogP contribution >= 0.6 is 0 Å². The summed E-state index contributed by atoms with van der Waals surface area (Å²) >= 11 is 0. The topological polar surface area (TPSA) is 67.4 Å². The fraction of sp³-hybridized carbons (Fsp3) is 0.333. The van der Waals surface area contributed by atoms with Crippen LogP contribution in [0.3, 0.4) is 0 Å². The second kappa shape index (κ2) is 9.46. The quantitative estimate of drug-likeness (QED) is 0.583. The molecule has 0 heterocycles. The molecule has 2 N–H and O–H groups in total. The van der Waals surface area contributed by atoms with E-state index < -0.39 is 17.9 Å². The summed E-state index contributed by atoms with van der Waals surface area (Å²) in [6.07, 6.45) is -4.23. The highest BCUT2D eigenvalue weighted by molar-refractivity contribution is 6.00. The molecule has 0 unspecified atom stereocenters. The van der Waals surface area contributed by atoms with Crippen LogP contribution in [-0.2, 0) is 15.0 Å². The lowest BCUT2D eigenvalue weighted by Gasteiger charge is -2.26. The monoisotopic (exact) mass is 446 g/mol. The Labute approximate surface area is 184 Å². The van der Waals surface area contributed by atoms with Crippen LogP contribution in [0, 0.1) is 0 Å². The molecule has 0 radical (unpaired) electrons. The fourth-order valence-electron chi connectivity index (χ4n) is 3.62. The summed E-state index contributed by atoms with van der Waals surface area (Å²) in [5.74, 6) is -1.96. The van der Waals surface area contributed by atoms with E-state index >= 15 is 0 Å². The number of benzene rings is 2. The van der Waals surface area contributed by atoms with Gasteiger partial charge in [-0.1, -0.05) is 56.3 Å². The average molecular weight is 446 g/mol. The number of ketones is 1. The molecule has 0 saturated heterocycles. The lowest BCUT2D eigenvalue weighted by molar-refractivity contribution is -0.166. The van der Waals surface area contributed by atoms with E-state index in [0.717, 1.165) is 5.56 Å². The highest BCUT2D eigenvalue weighted by Gasteiger charge is 2.42. The van der Waals surface area contributed by atoms with Crippen molar-refractivity contribution in [1.29, 1.82) is 0 Å². The number of ether oxygens (including phenoxy) is 1. The molecule has 2 aromatic carbocycles. The summed E-state index contributed by atoms with van der Waals surface area (Å²) in [7, 11) is 0. The van der Waals surface area contributed by atoms with Crippen molar-refractivity contribution in [3.63, 3.8) is 0 Å². The number of carbonyl (C=O) groups excluding carboxylic acids is 2. The van der Waals surface area contributed by atoms with Gasteiger partial charge in [0.15, 0.2) is 6.61 Å². The Hall–Kier alpha value is -3.29. The number of rotatable bonds is 8. The molecule has 0 saturated carbocycles. The zero-order valence-electron chi connectivity index (χ0n) is 17.9. The standard InChI is InChI=1S/C24H25F3N2O3/c1-23(2,16-7-4-3-5-8-16)17-11-13-18(14-12-17)32-15-21(30)29-28-20-10-6-9-19(20)22(31)24(25,26)27/h3-5,7-8,11-14,28H,6,9-10,15H2,1-2H3,(H,29,30). The van der Waals surface area contributed by atoms with Crippen LogP contribution in [0.5, 0.6) is 5.75 Å². The zero-order chi connectivity index (χ0) is 23.4. The predicted molar refractivity (Wildman–Crippen MR) is 114 cm³/mol. The molecule has 1 aliphatic rings. The van der Waals surface area contributed by atoms with Crippen LogP contribution in [-0.4, -0.2) is 24.5 Å². The Morgan fingerprint density at radius 3 is 2.19 bits per heavy atom. The highest BCUT2D eigenvalue weighted by atomic mass is 19.4. The molecule has 0 atom stereocenters. The minimum Gasteiger partial charge on any atom is -0.484 e. The molecule has 8 heteroatoms. The number of hydrogen-bond acceptors (Lipinski definition) is 4. The van der Waals surface area contributed by atoms with Gasteiger partial charge in [0.2, 0.25) is 0 Å². The Bertz CT molecular complexity index is 997. The number of nitrogens with one attached hydrogen (secondary N) is 2. The predicted octanol–water partition coefficient (Wildman–Crippen LogP) is 4.58. The van der Waals surface area contributed by atoms with Crippen LogP contribution in [0.1, 0.15) is 44.2 Å². The molecule has 0 spiro atoms. The summed E-state index contributed by atoms with van der Waals surface area (Å²) in [5, 5.41) is 0. The normalized spacial score (nSPS) is 14.3. The third-order valence-corrected chi connectivity index (χ3v) is 5.54. The fourth-order valence-corrected chi connectivity index (χ4v) is 3.62. The van der Waals surface area contributed by atoms with Crippen molar-refractivity contribution < 1.29 is 27.5 Å². The number of halogens is 3. The van der Waals surface area contributed by atoms with E-state index in [1.54, 1.807) is 12.1 Å². The molecular weight excluding hydrogens is 421 g/mol. The summed E-state index contributed by atoms with van der Waals surface area (Å²) in [6, 6.07) is 17.5. The van der Waals surface area contributed by atoms with Gasteiger partial charge < -0.3 is 10.2 Å². The first-order valence-electron chi connectivity index (χ1n) is 10.3. The number of Topliss-reactive ketones (excluding diaryl/α,β-unsaturated/α-hetero) is 1. The lowest BCUT2D eigenvalue weighted by atomic mass is 9.78. The van der Waals surface area contributed by atoms with Gasteiger partial charge in [0.1, 0.15) is 5.75 Å². The van der Waals surface area contributed by atoms with E-state index in [0.29, 0.717) is 12.2 Å². The van der Waals surface area contributed by atoms with Crippen LogP contribution in [0.25, 0.3) is 0 Å². The van der Waals surface area contributed by atoms with Gasteiger partial charge in [0, 0.05) is 16.7 Å². The molecular formula is C24H25F3N2O3. The zero-order valence-corrected chi connectivity index (χ0v) is 17.9. The summed E-state index contributed by atoms with van der Waals surface area (Å²) in [6.45, 7) is 3.91. The van der Waals surface area contributed by atoms with Crippen LogP contribution in [0.4, 0.5) is 13.2 Å². The Kier molecular flexibility index (Phi) is 6.91. The number of hydrogen-bond donors (Lipinski definition) is 2. The summed E-state index contributed by atoms with van der Waals surface area (Å²) < 4.78 is 43.5. The maximum absolute atomic E-state index is 12.7. The highest BCUT2D eigenvalue weighted by Crippen LogP contribution is 2.32. The summed E-state index contributed by atoms with van der Waals surface area (Å²) in [4.78, 5) is 23.5. The van der Waals surface area contributed by atoms with Crippen molar-refractivity contribution in [3.8, 4) is 5.75 Å². The summed E-state index contributed by atoms with van der Waals surface area (Å²) in [5.41, 5.74) is 6.54. The molecule has 0 aromatic heterocycles. The lowest BCUT2D eigenvalue weighted by Crippen LogP contribution is -2.40. The van der Waals surface area contributed by atoms with Gasteiger partial charge in [-0.15, -0.1) is 0 Å². The molecule has 32 heavy (non-hydrogen) atoms. The minimum absolute atomic E-state index is 0.0265. The van der Waals surface area contributed by atoms with Gasteiger partial charge in [-0.2, -0.15) is 13.2 Å². The smallest absolute Gasteiger partial charge is 0.454 e. The minimum atomic E-state index is -4.93. The van der Waals surface area contributed by atoms with Crippen LogP contribution in [0.2, 0.25) is 0 Å². The SMILES string of the molecule is CC(C)(c1ccccc1)c1ccc(OCC(=O)NNC2=C(C(=O)C(F)(F)F)CCC2)cc1. The molecule has 170 valence electrons. The van der Waals surface area contributed by atoms with Crippen LogP contribution < -0.4 is 15.6 Å². The first-order valence-corrected chi connectivity index (χ1v) is 10.3. The number of carbonyl (C=O) groups is 2. The maximum atomic E-state index is 12.7. The third-order valence-electron chi connectivity index (χ3n) is 5.54. The average Bonchev–Trinajstić information content (AvgIpc) is 3.24. The molecule has 0 aliphatic heterocycles. The van der Waals surface area contributed by atoms with Gasteiger partial charge >= 0.3 is 6.18 Å². The maximum Gasteiger partial charge on any atom is 0.454 e. The largest absolute Gasteiger partial charge is 0.484 e. The Morgan fingerprint density at radius 2 is 1.56 bits per heavy atom. The second-order valence-electron chi connectivity index (χ2n) is 8.11. The van der Waals surface area contributed by atoms with Gasteiger partial charge in [0.05, 0.1) is 0 Å². The van der Waals surface area contributed by atoms with Crippen molar-refractivity contribution in [1.82, 2.24) is 10.9 Å². The van der Waals surface area contributed by atoms with Crippen LogP contribution in [0.15, 0.2) is 65.9 Å². The molecule has 1 amide bonds. The first kappa shape index (κ1) is 23.4. The molecule has 5 nitrogen and oxygen atoms in total. The Morgan fingerprint density at radius 1 is 0.938 bits per heavy atom. The molecule has 1 aliphatic carbocycles. The molecule has 0 fully saturated rings. The first-order chi connectivity index (χ1) is 15.1. The van der Waals surface area contributed by atoms with Crippen molar-refractivity contribution in [2.45, 2.75) is 44.7 Å². The number of hydrazine groups is 1. The van der Waals surface area contributed by atoms with Gasteiger partial charge in [-0.25, -0.2) is 0 Å². The van der Waals surface area contributed by atoms with E-state index in [-0.39, 0.29) is 36.1 Å². The number of allylic oxidation sites excluding steroid dienone is 2. The van der Waals surface area contributed by atoms with Crippen molar-refractivity contribution in [3.05, 3.63) is 77.0 Å². The van der Waals surface area contributed by atoms with Gasteiger partial charge in [0.25, 0.3) is 11.7 Å². The number of amides is 1. The number of alkyl halides is 3. The molecule has 3 rings (SSSR count). The van der Waals surface area contributed by atoms with E-state index in [2.05, 4.69) is 36.8 Å². The van der Waals surface area contributed by atoms with Gasteiger partial charge in [-0.3, -0.25) is 15.0 Å². The van der Waals surface area contributed by atoms with Crippen molar-refractivity contribution in [2.75, 3.05) is 6.61 Å². The van der Waals surface area contributed by atoms with E-state index in [1.807, 2.05) is 30.3 Å². The van der Waals surface area contributed by atoms with E-state index in [4.69, 9.17) is 4.74 Å². The molecule has 2 aromatic rings. The van der Waals surface area contributed by atoms with Gasteiger partial charge in [-0.05, 0) is 42.5 Å². The Balaban J connectivity index is 1.54. The third kappa shape index (κ3) is 5.49. The van der Waals surface area contributed by atoms with Crippen molar-refractivity contribution in [2.24, 2.45) is 0 Å². The van der Waals surface area contributed by atoms with Crippen molar-refractivity contribution >= 4 is 11.7 Å². The van der Waals surface area contributed by atoms with E-state index in [9.17, 15) is 22.8 Å². The van der Waals surface area contributed by atoms with E-state index in [1.165, 1.54) is 5.56 Å².